The Morgan fingerprint density at radius 1 is 1.29 bits per heavy atom. The number of para-hydroxylation sites is 1. The van der Waals surface area contributed by atoms with Crippen LogP contribution in [0.1, 0.15) is 25.7 Å². The largest absolute Gasteiger partial charge is 0.388 e. The molecule has 1 aromatic rings. The fourth-order valence-corrected chi connectivity index (χ4v) is 2.13. The molecular weight excluding hydrogens is 214 g/mol. The van der Waals surface area contributed by atoms with Crippen LogP contribution < -0.4 is 11.1 Å². The Kier molecular flexibility index (Phi) is 3.64. The van der Waals surface area contributed by atoms with E-state index in [0.717, 1.165) is 31.4 Å². The maximum absolute atomic E-state index is 10.1. The zero-order valence-corrected chi connectivity index (χ0v) is 9.89. The zero-order chi connectivity index (χ0) is 12.1. The number of rotatable bonds is 3. The topological polar surface area (TPSA) is 70.6 Å². The highest BCUT2D eigenvalue weighted by molar-refractivity contribution is 5.92. The predicted molar refractivity (Wildman–Crippen MR) is 70.0 cm³/mol. The monoisotopic (exact) mass is 233 g/mol. The van der Waals surface area contributed by atoms with Crippen molar-refractivity contribution in [2.45, 2.75) is 31.3 Å². The van der Waals surface area contributed by atoms with Crippen LogP contribution in [0.2, 0.25) is 0 Å². The molecule has 0 aliphatic heterocycles. The first kappa shape index (κ1) is 11.9. The lowest BCUT2D eigenvalue weighted by atomic mass is 10.0. The van der Waals surface area contributed by atoms with E-state index < -0.39 is 5.60 Å². The van der Waals surface area contributed by atoms with Gasteiger partial charge in [-0.1, -0.05) is 31.0 Å². The van der Waals surface area contributed by atoms with Crippen LogP contribution in [-0.2, 0) is 0 Å². The van der Waals surface area contributed by atoms with Gasteiger partial charge in [0.15, 0.2) is 5.96 Å². The maximum Gasteiger partial charge on any atom is 0.193 e. The molecule has 0 saturated heterocycles. The van der Waals surface area contributed by atoms with Crippen LogP contribution in [-0.4, -0.2) is 23.2 Å². The second-order valence-electron chi connectivity index (χ2n) is 4.62. The third-order valence-electron chi connectivity index (χ3n) is 3.12. The second kappa shape index (κ2) is 5.19. The van der Waals surface area contributed by atoms with Gasteiger partial charge < -0.3 is 16.2 Å². The molecular formula is C13H19N3O. The standard InChI is InChI=1S/C13H19N3O/c14-12(16-11-6-2-1-3-7-11)15-10-13(17)8-4-5-9-13/h1-3,6-7,17H,4-5,8-10H2,(H3,14,15,16). The highest BCUT2D eigenvalue weighted by Gasteiger charge is 2.30. The lowest BCUT2D eigenvalue weighted by Gasteiger charge is -2.19. The van der Waals surface area contributed by atoms with Gasteiger partial charge in [0.2, 0.25) is 0 Å². The molecule has 0 spiro atoms. The highest BCUT2D eigenvalue weighted by atomic mass is 16.3. The summed E-state index contributed by atoms with van der Waals surface area (Å²) in [5, 5.41) is 13.1. The minimum Gasteiger partial charge on any atom is -0.388 e. The van der Waals surface area contributed by atoms with Crippen LogP contribution in [0.25, 0.3) is 0 Å². The molecule has 0 radical (unpaired) electrons. The van der Waals surface area contributed by atoms with E-state index in [0.29, 0.717) is 12.5 Å². The molecule has 0 amide bonds. The van der Waals surface area contributed by atoms with E-state index in [-0.39, 0.29) is 0 Å². The maximum atomic E-state index is 10.1. The number of nitrogens with zero attached hydrogens (tertiary/aromatic N) is 1. The summed E-state index contributed by atoms with van der Waals surface area (Å²) in [6.07, 6.45) is 3.82. The quantitative estimate of drug-likeness (QED) is 0.550. The van der Waals surface area contributed by atoms with Crippen molar-refractivity contribution in [2.24, 2.45) is 10.7 Å². The Hall–Kier alpha value is -1.55. The van der Waals surface area contributed by atoms with Gasteiger partial charge in [-0.3, -0.25) is 4.99 Å². The smallest absolute Gasteiger partial charge is 0.193 e. The molecule has 4 N–H and O–H groups in total. The van der Waals surface area contributed by atoms with Crippen molar-refractivity contribution in [2.75, 3.05) is 11.9 Å². The fraction of sp³-hybridized carbons (Fsp3) is 0.462. The molecule has 0 atom stereocenters. The molecule has 0 heterocycles. The van der Waals surface area contributed by atoms with Gasteiger partial charge >= 0.3 is 0 Å². The van der Waals surface area contributed by atoms with Crippen molar-refractivity contribution in [3.05, 3.63) is 30.3 Å². The van der Waals surface area contributed by atoms with E-state index in [1.54, 1.807) is 0 Å². The van der Waals surface area contributed by atoms with E-state index in [1.807, 2.05) is 30.3 Å². The molecule has 1 saturated carbocycles. The van der Waals surface area contributed by atoms with E-state index in [4.69, 9.17) is 5.73 Å². The Morgan fingerprint density at radius 3 is 2.59 bits per heavy atom. The Balaban J connectivity index is 1.89. The van der Waals surface area contributed by atoms with E-state index in [1.165, 1.54) is 0 Å². The van der Waals surface area contributed by atoms with Gasteiger partial charge in [0.25, 0.3) is 0 Å². The number of anilines is 1. The fourth-order valence-electron chi connectivity index (χ4n) is 2.13. The molecule has 0 aromatic heterocycles. The summed E-state index contributed by atoms with van der Waals surface area (Å²) in [4.78, 5) is 4.21. The average molecular weight is 233 g/mol. The molecule has 1 aliphatic rings. The van der Waals surface area contributed by atoms with Crippen LogP contribution in [0.3, 0.4) is 0 Å². The molecule has 0 unspecified atom stereocenters. The van der Waals surface area contributed by atoms with Crippen molar-refractivity contribution in [3.63, 3.8) is 0 Å². The van der Waals surface area contributed by atoms with Gasteiger partial charge in [-0.15, -0.1) is 0 Å². The van der Waals surface area contributed by atoms with E-state index in [2.05, 4.69) is 10.3 Å². The summed E-state index contributed by atoms with van der Waals surface area (Å²) >= 11 is 0. The lowest BCUT2D eigenvalue weighted by molar-refractivity contribution is 0.0575. The summed E-state index contributed by atoms with van der Waals surface area (Å²) in [5.74, 6) is 0.358. The van der Waals surface area contributed by atoms with Gasteiger partial charge in [-0.25, -0.2) is 0 Å². The van der Waals surface area contributed by atoms with E-state index >= 15 is 0 Å². The van der Waals surface area contributed by atoms with Crippen LogP contribution in [0.4, 0.5) is 5.69 Å². The number of guanidine groups is 1. The number of benzene rings is 1. The molecule has 17 heavy (non-hydrogen) atoms. The number of nitrogens with one attached hydrogen (secondary N) is 1. The predicted octanol–water partition coefficient (Wildman–Crippen LogP) is 1.72. The first-order valence-electron chi connectivity index (χ1n) is 6.02. The summed E-state index contributed by atoms with van der Waals surface area (Å²) in [7, 11) is 0. The first-order chi connectivity index (χ1) is 8.18. The van der Waals surface area contributed by atoms with E-state index in [9.17, 15) is 5.11 Å². The molecule has 1 aromatic carbocycles. The average Bonchev–Trinajstić information content (AvgIpc) is 2.76. The summed E-state index contributed by atoms with van der Waals surface area (Å²) in [6.45, 7) is 0.388. The number of aliphatic hydroxyl groups is 1. The molecule has 1 aliphatic carbocycles. The normalized spacial score (nSPS) is 19.2. The number of aliphatic imine (C=N–C) groups is 1. The number of hydrogen-bond acceptors (Lipinski definition) is 2. The van der Waals surface area contributed by atoms with Gasteiger partial charge in [0, 0.05) is 5.69 Å². The Labute approximate surface area is 102 Å². The van der Waals surface area contributed by atoms with Crippen molar-refractivity contribution >= 4 is 11.6 Å². The van der Waals surface area contributed by atoms with Crippen LogP contribution in [0, 0.1) is 0 Å². The van der Waals surface area contributed by atoms with Crippen LogP contribution in [0.5, 0.6) is 0 Å². The zero-order valence-electron chi connectivity index (χ0n) is 9.89. The second-order valence-corrected chi connectivity index (χ2v) is 4.62. The van der Waals surface area contributed by atoms with Gasteiger partial charge in [-0.05, 0) is 25.0 Å². The SMILES string of the molecule is NC(=NCC1(O)CCCC1)Nc1ccccc1. The molecule has 92 valence electrons. The minimum absolute atomic E-state index is 0.358. The molecule has 4 heteroatoms. The summed E-state index contributed by atoms with van der Waals surface area (Å²) in [6, 6.07) is 9.65. The number of nitrogens with two attached hydrogens (primary N) is 1. The first-order valence-corrected chi connectivity index (χ1v) is 6.02. The van der Waals surface area contributed by atoms with Crippen molar-refractivity contribution in [3.8, 4) is 0 Å². The van der Waals surface area contributed by atoms with Crippen LogP contribution in [0.15, 0.2) is 35.3 Å². The highest BCUT2D eigenvalue weighted by Crippen LogP contribution is 2.29. The molecule has 0 bridgehead atoms. The third kappa shape index (κ3) is 3.46. The van der Waals surface area contributed by atoms with Gasteiger partial charge in [0.1, 0.15) is 0 Å². The minimum atomic E-state index is -0.636. The number of hydrogen-bond donors (Lipinski definition) is 3. The van der Waals surface area contributed by atoms with Crippen molar-refractivity contribution < 1.29 is 5.11 Å². The molecule has 2 rings (SSSR count). The van der Waals surface area contributed by atoms with Crippen molar-refractivity contribution in [1.82, 2.24) is 0 Å². The van der Waals surface area contributed by atoms with Crippen LogP contribution >= 0.6 is 0 Å². The molecule has 1 fully saturated rings. The Morgan fingerprint density at radius 2 is 1.94 bits per heavy atom. The van der Waals surface area contributed by atoms with Gasteiger partial charge in [-0.2, -0.15) is 0 Å². The summed E-state index contributed by atoms with van der Waals surface area (Å²) in [5.41, 5.74) is 6.04. The van der Waals surface area contributed by atoms with Crippen molar-refractivity contribution in [1.29, 1.82) is 0 Å². The Bertz CT molecular complexity index is 383. The van der Waals surface area contributed by atoms with Gasteiger partial charge in [0.05, 0.1) is 12.1 Å². The summed E-state index contributed by atoms with van der Waals surface area (Å²) < 4.78 is 0. The molecule has 4 nitrogen and oxygen atoms in total. The lowest BCUT2D eigenvalue weighted by Crippen LogP contribution is -2.31. The third-order valence-corrected chi connectivity index (χ3v) is 3.12.